The summed E-state index contributed by atoms with van der Waals surface area (Å²) in [6, 6.07) is 12.4. The summed E-state index contributed by atoms with van der Waals surface area (Å²) in [4.78, 5) is 24.1. The zero-order valence-corrected chi connectivity index (χ0v) is 18.1. The molecule has 0 saturated heterocycles. The van der Waals surface area contributed by atoms with Crippen molar-refractivity contribution in [3.8, 4) is 11.5 Å². The summed E-state index contributed by atoms with van der Waals surface area (Å²) in [6.07, 6.45) is 2.92. The molecule has 3 N–H and O–H groups in total. The average Bonchev–Trinajstić information content (AvgIpc) is 2.70. The Kier molecular flexibility index (Phi) is 8.20. The van der Waals surface area contributed by atoms with Crippen molar-refractivity contribution in [1.82, 2.24) is 16.2 Å². The van der Waals surface area contributed by atoms with Crippen LogP contribution in [0.1, 0.15) is 15.9 Å². The lowest BCUT2D eigenvalue weighted by atomic mass is 10.2. The topological polar surface area (TPSA) is 88.7 Å². The van der Waals surface area contributed by atoms with Gasteiger partial charge in [-0.3, -0.25) is 25.8 Å². The summed E-state index contributed by atoms with van der Waals surface area (Å²) in [7, 11) is 3.08. The second-order valence-electron chi connectivity index (χ2n) is 5.33. The number of carbonyl (C=O) groups is 2. The molecule has 2 rings (SSSR count). The Balaban J connectivity index is 1.87. The molecule has 0 bridgehead atoms. The molecule has 7 nitrogen and oxygen atoms in total. The first-order valence-corrected chi connectivity index (χ1v) is 9.49. The maximum atomic E-state index is 12.1. The zero-order chi connectivity index (χ0) is 20.5. The van der Waals surface area contributed by atoms with Gasteiger partial charge in [0, 0.05) is 9.65 Å². The predicted molar refractivity (Wildman–Crippen MR) is 119 cm³/mol. The lowest BCUT2D eigenvalue weighted by molar-refractivity contribution is -0.115. The quantitative estimate of drug-likeness (QED) is 0.248. The third kappa shape index (κ3) is 6.20. The Morgan fingerprint density at radius 1 is 1.04 bits per heavy atom. The average molecular weight is 511 g/mol. The van der Waals surface area contributed by atoms with Crippen LogP contribution in [0, 0.1) is 3.57 Å². The molecule has 146 valence electrons. The number of thiocarbonyl (C=S) groups is 1. The fourth-order valence-corrected chi connectivity index (χ4v) is 2.92. The highest BCUT2D eigenvalue weighted by Gasteiger charge is 2.09. The third-order valence-electron chi connectivity index (χ3n) is 3.48. The number of ether oxygens (including phenoxy) is 2. The number of hydrazine groups is 1. The molecule has 0 atom stereocenters. The monoisotopic (exact) mass is 511 g/mol. The van der Waals surface area contributed by atoms with E-state index in [1.165, 1.54) is 13.2 Å². The van der Waals surface area contributed by atoms with Crippen molar-refractivity contribution in [2.75, 3.05) is 14.2 Å². The van der Waals surface area contributed by atoms with Gasteiger partial charge in [0.1, 0.15) is 0 Å². The molecule has 28 heavy (non-hydrogen) atoms. The third-order valence-corrected chi connectivity index (χ3v) is 4.62. The summed E-state index contributed by atoms with van der Waals surface area (Å²) in [5.41, 5.74) is 6.19. The molecular weight excluding hydrogens is 493 g/mol. The zero-order valence-electron chi connectivity index (χ0n) is 15.1. The summed E-state index contributed by atoms with van der Waals surface area (Å²) in [5, 5.41) is 2.42. The maximum absolute atomic E-state index is 12.1. The van der Waals surface area contributed by atoms with Gasteiger partial charge in [-0.15, -0.1) is 0 Å². The highest BCUT2D eigenvalue weighted by Crippen LogP contribution is 2.27. The molecule has 0 aliphatic rings. The van der Waals surface area contributed by atoms with E-state index in [9.17, 15) is 9.59 Å². The molecular formula is C19H18IN3O4S. The number of hydrogen-bond donors (Lipinski definition) is 3. The molecule has 9 heteroatoms. The van der Waals surface area contributed by atoms with Crippen LogP contribution in [-0.4, -0.2) is 31.1 Å². The van der Waals surface area contributed by atoms with Gasteiger partial charge in [-0.1, -0.05) is 18.2 Å². The smallest absolute Gasteiger partial charge is 0.270 e. The first-order chi connectivity index (χ1) is 13.4. The number of methoxy groups -OCH3 is 2. The van der Waals surface area contributed by atoms with E-state index in [4.69, 9.17) is 21.7 Å². The minimum absolute atomic E-state index is 0.0266. The summed E-state index contributed by atoms with van der Waals surface area (Å²) in [5.74, 6) is 0.345. The molecule has 0 aliphatic carbocycles. The molecule has 0 aromatic heterocycles. The number of rotatable bonds is 5. The molecule has 2 amide bonds. The Morgan fingerprint density at radius 3 is 2.43 bits per heavy atom. The molecule has 0 fully saturated rings. The second-order valence-corrected chi connectivity index (χ2v) is 6.90. The number of amides is 2. The van der Waals surface area contributed by atoms with Gasteiger partial charge in [0.2, 0.25) is 5.91 Å². The number of nitrogens with one attached hydrogen (secondary N) is 3. The number of carbonyl (C=O) groups excluding carboxylic acids is 2. The van der Waals surface area contributed by atoms with E-state index < -0.39 is 5.91 Å². The van der Waals surface area contributed by atoms with Gasteiger partial charge < -0.3 is 9.47 Å². The van der Waals surface area contributed by atoms with Crippen LogP contribution in [0.2, 0.25) is 0 Å². The van der Waals surface area contributed by atoms with E-state index in [1.54, 1.807) is 43.5 Å². The molecule has 0 spiro atoms. The summed E-state index contributed by atoms with van der Waals surface area (Å²) in [6.45, 7) is 0. The van der Waals surface area contributed by atoms with Crippen LogP contribution < -0.4 is 25.6 Å². The van der Waals surface area contributed by atoms with E-state index in [0.29, 0.717) is 17.1 Å². The van der Waals surface area contributed by atoms with Crippen molar-refractivity contribution in [1.29, 1.82) is 0 Å². The van der Waals surface area contributed by atoms with Gasteiger partial charge in [-0.2, -0.15) is 0 Å². The van der Waals surface area contributed by atoms with Gasteiger partial charge in [-0.05, 0) is 70.7 Å². The SMILES string of the molecule is COc1ccc(/C=C/C(=O)NC(=S)NNC(=O)c2ccccc2I)cc1OC. The van der Waals surface area contributed by atoms with Crippen molar-refractivity contribution < 1.29 is 19.1 Å². The van der Waals surface area contributed by atoms with E-state index in [-0.39, 0.29) is 11.0 Å². The number of benzene rings is 2. The maximum Gasteiger partial charge on any atom is 0.270 e. The fraction of sp³-hybridized carbons (Fsp3) is 0.105. The normalized spacial score (nSPS) is 10.2. The van der Waals surface area contributed by atoms with Crippen molar-refractivity contribution in [2.45, 2.75) is 0 Å². The molecule has 0 unspecified atom stereocenters. The van der Waals surface area contributed by atoms with Gasteiger partial charge in [0.25, 0.3) is 5.91 Å². The van der Waals surface area contributed by atoms with Crippen LogP contribution in [-0.2, 0) is 4.79 Å². The minimum Gasteiger partial charge on any atom is -0.493 e. The Bertz CT molecular complexity index is 918. The van der Waals surface area contributed by atoms with Crippen LogP contribution in [0.3, 0.4) is 0 Å². The fourth-order valence-electron chi connectivity index (χ4n) is 2.14. The molecule has 0 heterocycles. The number of hydrogen-bond acceptors (Lipinski definition) is 5. The highest BCUT2D eigenvalue weighted by molar-refractivity contribution is 14.1. The molecule has 0 radical (unpaired) electrons. The largest absolute Gasteiger partial charge is 0.493 e. The Hall–Kier alpha value is -2.66. The van der Waals surface area contributed by atoms with Crippen molar-refractivity contribution in [3.05, 3.63) is 63.2 Å². The van der Waals surface area contributed by atoms with Crippen LogP contribution in [0.15, 0.2) is 48.5 Å². The molecule has 0 saturated carbocycles. The van der Waals surface area contributed by atoms with Crippen LogP contribution in [0.25, 0.3) is 6.08 Å². The first kappa shape index (κ1) is 21.6. The standard InChI is InChI=1S/C19H18IN3O4S/c1-26-15-9-7-12(11-16(15)27-2)8-10-17(24)21-19(28)23-22-18(25)13-5-3-4-6-14(13)20/h3-11H,1-2H3,(H,22,25)(H2,21,23,24,28)/b10-8+. The van der Waals surface area contributed by atoms with Gasteiger partial charge in [0.05, 0.1) is 19.8 Å². The van der Waals surface area contributed by atoms with Crippen molar-refractivity contribution in [2.24, 2.45) is 0 Å². The van der Waals surface area contributed by atoms with Crippen molar-refractivity contribution >= 4 is 57.8 Å². The van der Waals surface area contributed by atoms with E-state index >= 15 is 0 Å². The van der Waals surface area contributed by atoms with Crippen LogP contribution >= 0.6 is 34.8 Å². The van der Waals surface area contributed by atoms with Crippen LogP contribution in [0.4, 0.5) is 0 Å². The van der Waals surface area contributed by atoms with E-state index in [0.717, 1.165) is 9.13 Å². The van der Waals surface area contributed by atoms with E-state index in [2.05, 4.69) is 38.8 Å². The molecule has 0 aliphatic heterocycles. The van der Waals surface area contributed by atoms with Crippen LogP contribution in [0.5, 0.6) is 11.5 Å². The first-order valence-electron chi connectivity index (χ1n) is 8.00. The number of halogens is 1. The lowest BCUT2D eigenvalue weighted by Gasteiger charge is -2.10. The minimum atomic E-state index is -0.448. The van der Waals surface area contributed by atoms with Gasteiger partial charge in [-0.25, -0.2) is 0 Å². The van der Waals surface area contributed by atoms with Gasteiger partial charge >= 0.3 is 0 Å². The summed E-state index contributed by atoms with van der Waals surface area (Å²) >= 11 is 7.07. The van der Waals surface area contributed by atoms with E-state index in [1.807, 2.05) is 12.1 Å². The molecule has 2 aromatic rings. The summed E-state index contributed by atoms with van der Waals surface area (Å²) < 4.78 is 11.2. The second kappa shape index (κ2) is 10.6. The molecule has 2 aromatic carbocycles. The lowest BCUT2D eigenvalue weighted by Crippen LogP contribution is -2.48. The highest BCUT2D eigenvalue weighted by atomic mass is 127. The van der Waals surface area contributed by atoms with Gasteiger partial charge in [0.15, 0.2) is 16.6 Å². The van der Waals surface area contributed by atoms with Crippen molar-refractivity contribution in [3.63, 3.8) is 0 Å². The Labute approximate surface area is 181 Å². The Morgan fingerprint density at radius 2 is 1.75 bits per heavy atom. The predicted octanol–water partition coefficient (Wildman–Crippen LogP) is 2.66.